The molecule has 0 aromatic heterocycles. The summed E-state index contributed by atoms with van der Waals surface area (Å²) in [6.45, 7) is -1.40. The van der Waals surface area contributed by atoms with Crippen molar-refractivity contribution in [1.29, 1.82) is 0 Å². The third kappa shape index (κ3) is 6.52. The largest absolute Gasteiger partial charge is 0.429 e. The van der Waals surface area contributed by atoms with Crippen LogP contribution in [0, 0.1) is 29.1 Å². The van der Waals surface area contributed by atoms with Crippen LogP contribution < -0.4 is 4.74 Å². The van der Waals surface area contributed by atoms with E-state index in [2.05, 4.69) is 4.74 Å². The summed E-state index contributed by atoms with van der Waals surface area (Å²) in [5, 5.41) is 0. The molecule has 8 heteroatoms. The lowest BCUT2D eigenvalue weighted by atomic mass is 9.98. The molecule has 0 spiro atoms. The first-order valence-electron chi connectivity index (χ1n) is 10.8. The molecule has 0 aliphatic carbocycles. The molecule has 3 rings (SSSR count). The number of alkyl halides is 2. The Balaban J connectivity index is 1.67. The Morgan fingerprint density at radius 3 is 1.68 bits per heavy atom. The summed E-state index contributed by atoms with van der Waals surface area (Å²) in [4.78, 5) is 0. The van der Waals surface area contributed by atoms with Crippen molar-refractivity contribution in [2.75, 3.05) is 0 Å². The summed E-state index contributed by atoms with van der Waals surface area (Å²) >= 11 is 0. The molecular formula is C26H23F7O. The van der Waals surface area contributed by atoms with E-state index in [1.165, 1.54) is 6.07 Å². The van der Waals surface area contributed by atoms with Crippen molar-refractivity contribution in [3.8, 4) is 5.75 Å². The Morgan fingerprint density at radius 2 is 1.15 bits per heavy atom. The first-order valence-corrected chi connectivity index (χ1v) is 10.8. The summed E-state index contributed by atoms with van der Waals surface area (Å²) in [5.41, 5.74) is 1.45. The van der Waals surface area contributed by atoms with Gasteiger partial charge in [-0.05, 0) is 84.7 Å². The van der Waals surface area contributed by atoms with E-state index in [0.717, 1.165) is 42.7 Å². The van der Waals surface area contributed by atoms with E-state index in [4.69, 9.17) is 0 Å². The van der Waals surface area contributed by atoms with Gasteiger partial charge in [0.05, 0.1) is 0 Å². The summed E-state index contributed by atoms with van der Waals surface area (Å²) < 4.78 is 99.3. The van der Waals surface area contributed by atoms with Gasteiger partial charge in [-0.1, -0.05) is 25.5 Å². The highest BCUT2D eigenvalue weighted by atomic mass is 19.3. The van der Waals surface area contributed by atoms with E-state index in [1.54, 1.807) is 6.07 Å². The zero-order chi connectivity index (χ0) is 24.8. The van der Waals surface area contributed by atoms with E-state index >= 15 is 0 Å². The second kappa shape index (κ2) is 11.4. The third-order valence-electron chi connectivity index (χ3n) is 5.47. The van der Waals surface area contributed by atoms with Gasteiger partial charge >= 0.3 is 6.61 Å². The molecule has 0 atom stereocenters. The van der Waals surface area contributed by atoms with Gasteiger partial charge in [-0.3, -0.25) is 0 Å². The Kier molecular flexibility index (Phi) is 8.58. The summed E-state index contributed by atoms with van der Waals surface area (Å²) in [6.07, 6.45) is 1.81. The minimum Gasteiger partial charge on any atom is -0.429 e. The van der Waals surface area contributed by atoms with Gasteiger partial charge < -0.3 is 4.74 Å². The van der Waals surface area contributed by atoms with Crippen molar-refractivity contribution in [2.45, 2.75) is 52.1 Å². The standard InChI is InChI=1S/C26H23F7O/c1-2-3-15-4-7-18(20(27)10-15)8-5-16-11-21(28)19(22(29)12-16)9-6-17-13-23(30)25(24(31)14-17)34-26(32)33/h4,7,10-14,26H,2-3,5-6,8-9H2,1H3. The van der Waals surface area contributed by atoms with Gasteiger partial charge in [0.1, 0.15) is 17.5 Å². The van der Waals surface area contributed by atoms with E-state index in [9.17, 15) is 30.7 Å². The quantitative estimate of drug-likeness (QED) is 0.271. The van der Waals surface area contributed by atoms with Gasteiger partial charge in [0.15, 0.2) is 17.4 Å². The van der Waals surface area contributed by atoms with Crippen molar-refractivity contribution in [2.24, 2.45) is 0 Å². The lowest BCUT2D eigenvalue weighted by Crippen LogP contribution is -2.07. The van der Waals surface area contributed by atoms with Crippen LogP contribution in [-0.4, -0.2) is 6.61 Å². The third-order valence-corrected chi connectivity index (χ3v) is 5.47. The number of rotatable bonds is 10. The molecule has 0 heterocycles. The maximum absolute atomic E-state index is 14.6. The maximum Gasteiger partial charge on any atom is 0.387 e. The van der Waals surface area contributed by atoms with E-state index < -0.39 is 35.6 Å². The zero-order valence-electron chi connectivity index (χ0n) is 18.4. The summed E-state index contributed by atoms with van der Waals surface area (Å²) in [7, 11) is 0. The molecular weight excluding hydrogens is 461 g/mol. The Bertz CT molecular complexity index is 1100. The number of benzene rings is 3. The number of ether oxygens (including phenoxy) is 1. The average Bonchev–Trinajstić information content (AvgIpc) is 2.75. The molecule has 0 aliphatic rings. The molecule has 0 bridgehead atoms. The zero-order valence-corrected chi connectivity index (χ0v) is 18.4. The van der Waals surface area contributed by atoms with Crippen molar-refractivity contribution >= 4 is 0 Å². The topological polar surface area (TPSA) is 9.23 Å². The minimum atomic E-state index is -3.39. The predicted octanol–water partition coefficient (Wildman–Crippen LogP) is 7.51. The van der Waals surface area contributed by atoms with E-state index in [1.807, 2.05) is 13.0 Å². The van der Waals surface area contributed by atoms with Crippen LogP contribution >= 0.6 is 0 Å². The molecule has 0 saturated heterocycles. The first kappa shape index (κ1) is 25.6. The molecule has 0 unspecified atom stereocenters. The van der Waals surface area contributed by atoms with Crippen molar-refractivity contribution in [1.82, 2.24) is 0 Å². The summed E-state index contributed by atoms with van der Waals surface area (Å²) in [6, 6.07) is 8.86. The maximum atomic E-state index is 14.6. The number of halogens is 7. The second-order valence-corrected chi connectivity index (χ2v) is 7.98. The van der Waals surface area contributed by atoms with Crippen molar-refractivity contribution < 1.29 is 35.5 Å². The van der Waals surface area contributed by atoms with Crippen LogP contribution in [0.3, 0.4) is 0 Å². The second-order valence-electron chi connectivity index (χ2n) is 7.98. The van der Waals surface area contributed by atoms with Gasteiger partial charge in [-0.15, -0.1) is 0 Å². The fourth-order valence-electron chi connectivity index (χ4n) is 3.78. The van der Waals surface area contributed by atoms with E-state index in [0.29, 0.717) is 11.1 Å². The average molecular weight is 484 g/mol. The molecule has 1 nitrogen and oxygen atoms in total. The highest BCUT2D eigenvalue weighted by Crippen LogP contribution is 2.26. The fourth-order valence-corrected chi connectivity index (χ4v) is 3.78. The molecule has 34 heavy (non-hydrogen) atoms. The first-order chi connectivity index (χ1) is 16.2. The SMILES string of the molecule is CCCc1ccc(CCc2cc(F)c(CCc3cc(F)c(OC(F)F)c(F)c3)c(F)c2)c(F)c1. The van der Waals surface area contributed by atoms with Crippen LogP contribution in [0.4, 0.5) is 30.7 Å². The van der Waals surface area contributed by atoms with Crippen LogP contribution in [0.2, 0.25) is 0 Å². The molecule has 182 valence electrons. The van der Waals surface area contributed by atoms with Crippen LogP contribution in [-0.2, 0) is 32.1 Å². The summed E-state index contributed by atoms with van der Waals surface area (Å²) in [5.74, 6) is -5.88. The number of hydrogen-bond acceptors (Lipinski definition) is 1. The molecule has 0 fully saturated rings. The van der Waals surface area contributed by atoms with Crippen LogP contribution in [0.25, 0.3) is 0 Å². The molecule has 3 aromatic carbocycles. The number of hydrogen-bond donors (Lipinski definition) is 0. The highest BCUT2D eigenvalue weighted by Gasteiger charge is 2.18. The highest BCUT2D eigenvalue weighted by molar-refractivity contribution is 5.33. The van der Waals surface area contributed by atoms with Crippen molar-refractivity contribution in [3.05, 3.63) is 99.4 Å². The molecule has 0 saturated carbocycles. The normalized spacial score (nSPS) is 11.3. The van der Waals surface area contributed by atoms with Crippen molar-refractivity contribution in [3.63, 3.8) is 0 Å². The van der Waals surface area contributed by atoms with Gasteiger partial charge in [-0.2, -0.15) is 8.78 Å². The predicted molar refractivity (Wildman–Crippen MR) is 115 cm³/mol. The molecule has 0 amide bonds. The van der Waals surface area contributed by atoms with Crippen LogP contribution in [0.1, 0.15) is 41.2 Å². The minimum absolute atomic E-state index is 0.0292. The molecule has 0 radical (unpaired) electrons. The van der Waals surface area contributed by atoms with Gasteiger partial charge in [-0.25, -0.2) is 22.0 Å². The lowest BCUT2D eigenvalue weighted by molar-refractivity contribution is -0.0546. The lowest BCUT2D eigenvalue weighted by Gasteiger charge is -2.11. The molecule has 0 N–H and O–H groups in total. The van der Waals surface area contributed by atoms with E-state index in [-0.39, 0.29) is 42.6 Å². The Morgan fingerprint density at radius 1 is 0.618 bits per heavy atom. The van der Waals surface area contributed by atoms with Gasteiger partial charge in [0.25, 0.3) is 0 Å². The van der Waals surface area contributed by atoms with Crippen LogP contribution in [0.15, 0.2) is 42.5 Å². The monoisotopic (exact) mass is 484 g/mol. The Labute approximate surface area is 193 Å². The smallest absolute Gasteiger partial charge is 0.387 e. The molecule has 3 aromatic rings. The van der Waals surface area contributed by atoms with Crippen LogP contribution in [0.5, 0.6) is 5.75 Å². The fraction of sp³-hybridized carbons (Fsp3) is 0.308. The molecule has 0 aliphatic heterocycles. The number of aryl methyl sites for hydroxylation is 4. The Hall–Kier alpha value is -3.03. The van der Waals surface area contributed by atoms with Gasteiger partial charge in [0.2, 0.25) is 0 Å². The van der Waals surface area contributed by atoms with Gasteiger partial charge in [0, 0.05) is 5.56 Å².